The molecule has 0 spiro atoms. The molecule has 0 saturated carbocycles. The monoisotopic (exact) mass is 285 g/mol. The van der Waals surface area contributed by atoms with E-state index >= 15 is 0 Å². The molecule has 6 heteroatoms. The zero-order chi connectivity index (χ0) is 12.8. The highest BCUT2D eigenvalue weighted by atomic mass is 33.1. The number of hydrogen-bond acceptors (Lipinski definition) is 4. The zero-order valence-electron chi connectivity index (χ0n) is 10.6. The molecule has 1 aromatic rings. The van der Waals surface area contributed by atoms with Gasteiger partial charge in [-0.05, 0) is 19.3 Å². The SMILES string of the molecule is Cn1cc(NC(=O)CCCCC2CCSS2)cn1. The number of carbonyl (C=O) groups is 1. The van der Waals surface area contributed by atoms with Gasteiger partial charge in [0.15, 0.2) is 0 Å². The maximum absolute atomic E-state index is 11.7. The summed E-state index contributed by atoms with van der Waals surface area (Å²) in [5, 5.41) is 7.69. The average molecular weight is 285 g/mol. The molecule has 1 aromatic heterocycles. The van der Waals surface area contributed by atoms with E-state index in [0.717, 1.165) is 23.8 Å². The largest absolute Gasteiger partial charge is 0.323 e. The Bertz CT molecular complexity index is 388. The Kier molecular flexibility index (Phi) is 5.44. The molecular weight excluding hydrogens is 266 g/mol. The molecule has 100 valence electrons. The molecule has 0 bridgehead atoms. The minimum Gasteiger partial charge on any atom is -0.323 e. The van der Waals surface area contributed by atoms with Gasteiger partial charge in [-0.25, -0.2) is 0 Å². The van der Waals surface area contributed by atoms with Crippen LogP contribution in [0.3, 0.4) is 0 Å². The van der Waals surface area contributed by atoms with Crippen molar-refractivity contribution in [3.8, 4) is 0 Å². The number of carbonyl (C=O) groups excluding carboxylic acids is 1. The summed E-state index contributed by atoms with van der Waals surface area (Å²) in [6, 6.07) is 0. The highest BCUT2D eigenvalue weighted by Gasteiger charge is 2.15. The summed E-state index contributed by atoms with van der Waals surface area (Å²) in [6.45, 7) is 0. The first-order valence-electron chi connectivity index (χ1n) is 6.31. The molecular formula is C12H19N3OS2. The maximum Gasteiger partial charge on any atom is 0.224 e. The van der Waals surface area contributed by atoms with Gasteiger partial charge >= 0.3 is 0 Å². The van der Waals surface area contributed by atoms with E-state index in [1.807, 2.05) is 34.8 Å². The fourth-order valence-corrected chi connectivity index (χ4v) is 4.96. The van der Waals surface area contributed by atoms with Gasteiger partial charge in [-0.15, -0.1) is 0 Å². The second-order valence-corrected chi connectivity index (χ2v) is 7.31. The van der Waals surface area contributed by atoms with Crippen LogP contribution in [0.15, 0.2) is 12.4 Å². The van der Waals surface area contributed by atoms with Crippen molar-refractivity contribution in [2.45, 2.75) is 37.4 Å². The molecule has 0 aromatic carbocycles. The summed E-state index contributed by atoms with van der Waals surface area (Å²) in [4.78, 5) is 11.7. The molecule has 0 radical (unpaired) electrons. The minimum atomic E-state index is 0.0939. The van der Waals surface area contributed by atoms with Crippen LogP contribution >= 0.6 is 21.6 Å². The Morgan fingerprint density at radius 2 is 2.50 bits per heavy atom. The van der Waals surface area contributed by atoms with Crippen LogP contribution in [0.1, 0.15) is 32.1 Å². The second-order valence-electron chi connectivity index (χ2n) is 4.53. The van der Waals surface area contributed by atoms with Gasteiger partial charge in [0.2, 0.25) is 5.91 Å². The lowest BCUT2D eigenvalue weighted by molar-refractivity contribution is -0.116. The molecule has 1 aliphatic heterocycles. The Morgan fingerprint density at radius 1 is 1.61 bits per heavy atom. The van der Waals surface area contributed by atoms with E-state index in [1.54, 1.807) is 10.9 Å². The molecule has 1 aliphatic rings. The van der Waals surface area contributed by atoms with Gasteiger partial charge in [0.05, 0.1) is 11.9 Å². The van der Waals surface area contributed by atoms with Crippen LogP contribution in [0.25, 0.3) is 0 Å². The van der Waals surface area contributed by atoms with E-state index < -0.39 is 0 Å². The first-order chi connectivity index (χ1) is 8.74. The van der Waals surface area contributed by atoms with Crippen LogP contribution in [-0.4, -0.2) is 26.7 Å². The number of nitrogens with zero attached hydrogens (tertiary/aromatic N) is 2. The van der Waals surface area contributed by atoms with Crippen LogP contribution in [0.5, 0.6) is 0 Å². The first-order valence-corrected chi connectivity index (χ1v) is 8.69. The standard InChI is InChI=1S/C12H19N3OS2/c1-15-9-10(8-13-15)14-12(16)5-3-2-4-11-6-7-17-18-11/h8-9,11H,2-7H2,1H3,(H,14,16). The summed E-state index contributed by atoms with van der Waals surface area (Å²) in [5.41, 5.74) is 0.783. The number of nitrogens with one attached hydrogen (secondary N) is 1. The number of aryl methyl sites for hydroxylation is 1. The lowest BCUT2D eigenvalue weighted by Crippen LogP contribution is -2.10. The molecule has 1 unspecified atom stereocenters. The van der Waals surface area contributed by atoms with Gasteiger partial charge in [-0.3, -0.25) is 9.48 Å². The summed E-state index contributed by atoms with van der Waals surface area (Å²) >= 11 is 0. The first kappa shape index (κ1) is 13.8. The molecule has 0 aliphatic carbocycles. The van der Waals surface area contributed by atoms with Gasteiger partial charge in [-0.2, -0.15) is 5.10 Å². The van der Waals surface area contributed by atoms with Crippen molar-refractivity contribution in [1.29, 1.82) is 0 Å². The third kappa shape index (κ3) is 4.57. The third-order valence-electron chi connectivity index (χ3n) is 2.90. The maximum atomic E-state index is 11.7. The van der Waals surface area contributed by atoms with Gasteiger partial charge < -0.3 is 5.32 Å². The van der Waals surface area contributed by atoms with Crippen molar-refractivity contribution in [2.75, 3.05) is 11.1 Å². The summed E-state index contributed by atoms with van der Waals surface area (Å²) < 4.78 is 1.69. The van der Waals surface area contributed by atoms with Gasteiger partial charge in [0.25, 0.3) is 0 Å². The summed E-state index contributed by atoms with van der Waals surface area (Å²) in [6.07, 6.45) is 8.80. The van der Waals surface area contributed by atoms with Crippen LogP contribution < -0.4 is 5.32 Å². The normalized spacial score (nSPS) is 19.1. The van der Waals surface area contributed by atoms with Crippen LogP contribution in [-0.2, 0) is 11.8 Å². The molecule has 1 atom stereocenters. The Balaban J connectivity index is 1.57. The van der Waals surface area contributed by atoms with Crippen LogP contribution in [0.4, 0.5) is 5.69 Å². The molecule has 18 heavy (non-hydrogen) atoms. The number of amides is 1. The van der Waals surface area contributed by atoms with Crippen molar-refractivity contribution in [2.24, 2.45) is 7.05 Å². The van der Waals surface area contributed by atoms with E-state index in [0.29, 0.717) is 6.42 Å². The smallest absolute Gasteiger partial charge is 0.224 e. The highest BCUT2D eigenvalue weighted by Crippen LogP contribution is 2.39. The number of unbranched alkanes of at least 4 members (excludes halogenated alkanes) is 1. The molecule has 1 amide bonds. The van der Waals surface area contributed by atoms with E-state index in [-0.39, 0.29) is 5.91 Å². The van der Waals surface area contributed by atoms with Crippen molar-refractivity contribution < 1.29 is 4.79 Å². The molecule has 1 fully saturated rings. The number of hydrogen-bond donors (Lipinski definition) is 1. The summed E-state index contributed by atoms with van der Waals surface area (Å²) in [7, 11) is 5.83. The van der Waals surface area contributed by atoms with Crippen molar-refractivity contribution in [1.82, 2.24) is 9.78 Å². The number of rotatable bonds is 6. The molecule has 2 heterocycles. The van der Waals surface area contributed by atoms with Crippen molar-refractivity contribution in [3.05, 3.63) is 12.4 Å². The Labute approximate surface area is 116 Å². The predicted octanol–water partition coefficient (Wildman–Crippen LogP) is 3.07. The fraction of sp³-hybridized carbons (Fsp3) is 0.667. The molecule has 1 saturated heterocycles. The lowest BCUT2D eigenvalue weighted by Gasteiger charge is -2.06. The number of anilines is 1. The highest BCUT2D eigenvalue weighted by molar-refractivity contribution is 8.77. The van der Waals surface area contributed by atoms with E-state index in [9.17, 15) is 4.79 Å². The van der Waals surface area contributed by atoms with Crippen LogP contribution in [0, 0.1) is 0 Å². The van der Waals surface area contributed by atoms with E-state index in [2.05, 4.69) is 10.4 Å². The lowest BCUT2D eigenvalue weighted by atomic mass is 10.1. The minimum absolute atomic E-state index is 0.0939. The van der Waals surface area contributed by atoms with Gasteiger partial charge in [-0.1, -0.05) is 28.0 Å². The fourth-order valence-electron chi connectivity index (χ4n) is 1.93. The van der Waals surface area contributed by atoms with Crippen molar-refractivity contribution >= 4 is 33.2 Å². The Hall–Kier alpha value is -0.620. The number of aromatic nitrogens is 2. The summed E-state index contributed by atoms with van der Waals surface area (Å²) in [5.74, 6) is 1.38. The van der Waals surface area contributed by atoms with E-state index in [4.69, 9.17) is 0 Å². The zero-order valence-corrected chi connectivity index (χ0v) is 12.2. The molecule has 4 nitrogen and oxygen atoms in total. The van der Waals surface area contributed by atoms with Crippen LogP contribution in [0.2, 0.25) is 0 Å². The Morgan fingerprint density at radius 3 is 3.17 bits per heavy atom. The quantitative estimate of drug-likeness (QED) is 0.644. The second kappa shape index (κ2) is 7.09. The predicted molar refractivity (Wildman–Crippen MR) is 78.8 cm³/mol. The topological polar surface area (TPSA) is 46.9 Å². The molecule has 2 rings (SSSR count). The van der Waals surface area contributed by atoms with E-state index in [1.165, 1.54) is 18.6 Å². The molecule has 1 N–H and O–H groups in total. The van der Waals surface area contributed by atoms with Crippen molar-refractivity contribution in [3.63, 3.8) is 0 Å². The van der Waals surface area contributed by atoms with Gasteiger partial charge in [0.1, 0.15) is 0 Å². The van der Waals surface area contributed by atoms with Gasteiger partial charge in [0, 0.05) is 30.7 Å². The average Bonchev–Trinajstić information content (AvgIpc) is 2.96. The third-order valence-corrected chi connectivity index (χ3v) is 5.90.